The molecule has 8 heteroatoms. The maximum atomic E-state index is 12.1. The first-order valence-electron chi connectivity index (χ1n) is 6.58. The van der Waals surface area contributed by atoms with Crippen LogP contribution in [0.4, 0.5) is 8.78 Å². The maximum absolute atomic E-state index is 12.1. The first-order chi connectivity index (χ1) is 9.40. The summed E-state index contributed by atoms with van der Waals surface area (Å²) in [4.78, 5) is 0.0216. The van der Waals surface area contributed by atoms with E-state index in [2.05, 4.69) is 5.32 Å². The molecule has 0 aliphatic rings. The van der Waals surface area contributed by atoms with Crippen LogP contribution in [0.25, 0.3) is 0 Å². The molecule has 0 aromatic carbocycles. The summed E-state index contributed by atoms with van der Waals surface area (Å²) in [6.45, 7) is 5.06. The highest BCUT2D eigenvalue weighted by Crippen LogP contribution is 2.14. The average molecular weight is 309 g/mol. The van der Waals surface area contributed by atoms with Gasteiger partial charge in [0.25, 0.3) is 6.43 Å². The van der Waals surface area contributed by atoms with Gasteiger partial charge in [-0.15, -0.1) is 0 Å². The molecule has 0 bridgehead atoms. The molecule has 0 saturated carbocycles. The third-order valence-electron chi connectivity index (χ3n) is 2.77. The van der Waals surface area contributed by atoms with E-state index in [1.165, 1.54) is 12.3 Å². The van der Waals surface area contributed by atoms with Gasteiger partial charge >= 0.3 is 0 Å². The number of nitrogens with one attached hydrogen (secondary N) is 2. The van der Waals surface area contributed by atoms with Gasteiger partial charge in [-0.3, -0.25) is 0 Å². The van der Waals surface area contributed by atoms with Gasteiger partial charge in [0, 0.05) is 25.0 Å². The largest absolute Gasteiger partial charge is 0.349 e. The van der Waals surface area contributed by atoms with Gasteiger partial charge in [-0.25, -0.2) is 21.9 Å². The van der Waals surface area contributed by atoms with Crippen molar-refractivity contribution in [2.45, 2.75) is 44.7 Å². The van der Waals surface area contributed by atoms with Crippen LogP contribution < -0.4 is 10.0 Å². The minimum Gasteiger partial charge on any atom is -0.349 e. The molecule has 0 saturated heterocycles. The standard InChI is InChI=1S/C12H21F2N3O2S/c1-3-5-15-7-10-6-11(9-17(10)4-2)20(18,19)16-8-12(13)14/h6,9,12,15-16H,3-5,7-8H2,1-2H3. The molecule has 5 nitrogen and oxygen atoms in total. The topological polar surface area (TPSA) is 63.1 Å². The van der Waals surface area contributed by atoms with Crippen LogP contribution in [-0.2, 0) is 23.1 Å². The van der Waals surface area contributed by atoms with Gasteiger partial charge < -0.3 is 9.88 Å². The summed E-state index contributed by atoms with van der Waals surface area (Å²) >= 11 is 0. The molecule has 0 amide bonds. The highest BCUT2D eigenvalue weighted by molar-refractivity contribution is 7.89. The second-order valence-corrected chi connectivity index (χ2v) is 6.14. The van der Waals surface area contributed by atoms with Crippen molar-refractivity contribution in [2.75, 3.05) is 13.1 Å². The van der Waals surface area contributed by atoms with Crippen LogP contribution in [0.5, 0.6) is 0 Å². The number of aryl methyl sites for hydroxylation is 1. The van der Waals surface area contributed by atoms with Gasteiger partial charge in [-0.2, -0.15) is 0 Å². The Labute approximate surface area is 118 Å². The minimum atomic E-state index is -3.88. The highest BCUT2D eigenvalue weighted by atomic mass is 32.2. The lowest BCUT2D eigenvalue weighted by molar-refractivity contribution is 0.153. The zero-order valence-electron chi connectivity index (χ0n) is 11.7. The van der Waals surface area contributed by atoms with Crippen molar-refractivity contribution >= 4 is 10.0 Å². The van der Waals surface area contributed by atoms with Crippen LogP contribution in [0, 0.1) is 0 Å². The van der Waals surface area contributed by atoms with Crippen LogP contribution in [0.1, 0.15) is 26.0 Å². The van der Waals surface area contributed by atoms with E-state index in [9.17, 15) is 17.2 Å². The Hall–Kier alpha value is -0.990. The lowest BCUT2D eigenvalue weighted by Gasteiger charge is -2.06. The number of hydrogen-bond acceptors (Lipinski definition) is 3. The van der Waals surface area contributed by atoms with Crippen molar-refractivity contribution in [3.63, 3.8) is 0 Å². The van der Waals surface area contributed by atoms with Crippen molar-refractivity contribution in [3.8, 4) is 0 Å². The highest BCUT2D eigenvalue weighted by Gasteiger charge is 2.19. The van der Waals surface area contributed by atoms with Crippen molar-refractivity contribution < 1.29 is 17.2 Å². The molecule has 0 unspecified atom stereocenters. The molecule has 0 aliphatic carbocycles. The van der Waals surface area contributed by atoms with Gasteiger partial charge in [0.2, 0.25) is 10.0 Å². The van der Waals surface area contributed by atoms with Crippen LogP contribution in [-0.4, -0.2) is 32.5 Å². The summed E-state index contributed by atoms with van der Waals surface area (Å²) in [6.07, 6.45) is -0.256. The molecular formula is C12H21F2N3O2S. The third kappa shape index (κ3) is 4.84. The summed E-state index contributed by atoms with van der Waals surface area (Å²) in [6, 6.07) is 1.51. The fourth-order valence-electron chi connectivity index (χ4n) is 1.76. The number of sulfonamides is 1. The lowest BCUT2D eigenvalue weighted by atomic mass is 10.4. The van der Waals surface area contributed by atoms with Crippen LogP contribution >= 0.6 is 0 Å². The normalized spacial score (nSPS) is 12.2. The zero-order valence-corrected chi connectivity index (χ0v) is 12.5. The molecule has 2 N–H and O–H groups in total. The summed E-state index contributed by atoms with van der Waals surface area (Å²) in [5.74, 6) is 0. The Morgan fingerprint density at radius 1 is 1.35 bits per heavy atom. The number of halogens is 2. The van der Waals surface area contributed by atoms with E-state index in [4.69, 9.17) is 0 Å². The molecule has 116 valence electrons. The van der Waals surface area contributed by atoms with Crippen LogP contribution in [0.15, 0.2) is 17.2 Å². The molecule has 1 aromatic rings. The fraction of sp³-hybridized carbons (Fsp3) is 0.667. The molecule has 0 fully saturated rings. The number of hydrogen-bond donors (Lipinski definition) is 2. The number of alkyl halides is 2. The molecular weight excluding hydrogens is 288 g/mol. The van der Waals surface area contributed by atoms with E-state index < -0.39 is 23.0 Å². The SMILES string of the molecule is CCCNCc1cc(S(=O)(=O)NCC(F)F)cn1CC. The van der Waals surface area contributed by atoms with Crippen molar-refractivity contribution in [2.24, 2.45) is 0 Å². The van der Waals surface area contributed by atoms with E-state index in [0.717, 1.165) is 18.7 Å². The Morgan fingerprint density at radius 2 is 2.05 bits per heavy atom. The Balaban J connectivity index is 2.85. The van der Waals surface area contributed by atoms with E-state index in [0.29, 0.717) is 13.1 Å². The lowest BCUT2D eigenvalue weighted by Crippen LogP contribution is -2.28. The summed E-state index contributed by atoms with van der Waals surface area (Å²) < 4.78 is 51.6. The predicted octanol–water partition coefficient (Wildman–Crippen LogP) is 1.55. The fourth-order valence-corrected chi connectivity index (χ4v) is 2.83. The van der Waals surface area contributed by atoms with Gasteiger partial charge in [-0.1, -0.05) is 6.92 Å². The number of rotatable bonds is 9. The second-order valence-electron chi connectivity index (χ2n) is 4.37. The quantitative estimate of drug-likeness (QED) is 0.680. The predicted molar refractivity (Wildman–Crippen MR) is 73.3 cm³/mol. The molecule has 0 radical (unpaired) electrons. The first-order valence-corrected chi connectivity index (χ1v) is 8.06. The van der Waals surface area contributed by atoms with E-state index >= 15 is 0 Å². The zero-order chi connectivity index (χ0) is 15.2. The molecule has 20 heavy (non-hydrogen) atoms. The monoisotopic (exact) mass is 309 g/mol. The number of aromatic nitrogens is 1. The van der Waals surface area contributed by atoms with Gasteiger partial charge in [-0.05, 0) is 26.0 Å². The Kier molecular flexibility index (Phi) is 6.57. The van der Waals surface area contributed by atoms with Crippen molar-refractivity contribution in [1.29, 1.82) is 0 Å². The van der Waals surface area contributed by atoms with Crippen molar-refractivity contribution in [3.05, 3.63) is 18.0 Å². The molecule has 0 aliphatic heterocycles. The maximum Gasteiger partial charge on any atom is 0.251 e. The van der Waals surface area contributed by atoms with Gasteiger partial charge in [0.15, 0.2) is 0 Å². The summed E-state index contributed by atoms with van der Waals surface area (Å²) in [5, 5.41) is 3.19. The second kappa shape index (κ2) is 7.70. The van der Waals surface area contributed by atoms with E-state index in [1.807, 2.05) is 18.6 Å². The number of nitrogens with zero attached hydrogens (tertiary/aromatic N) is 1. The van der Waals surface area contributed by atoms with Crippen molar-refractivity contribution in [1.82, 2.24) is 14.6 Å². The Morgan fingerprint density at radius 3 is 2.60 bits per heavy atom. The molecule has 1 heterocycles. The average Bonchev–Trinajstić information content (AvgIpc) is 2.81. The van der Waals surface area contributed by atoms with Crippen LogP contribution in [0.2, 0.25) is 0 Å². The van der Waals surface area contributed by atoms with Crippen LogP contribution in [0.3, 0.4) is 0 Å². The summed E-state index contributed by atoms with van der Waals surface area (Å²) in [5.41, 5.74) is 0.818. The van der Waals surface area contributed by atoms with E-state index in [1.54, 1.807) is 4.57 Å². The minimum absolute atomic E-state index is 0.0216. The summed E-state index contributed by atoms with van der Waals surface area (Å²) in [7, 11) is -3.88. The Bertz CT molecular complexity index is 515. The molecule has 1 rings (SSSR count). The molecule has 0 spiro atoms. The van der Waals surface area contributed by atoms with Gasteiger partial charge in [0.1, 0.15) is 0 Å². The first kappa shape index (κ1) is 17.1. The smallest absolute Gasteiger partial charge is 0.251 e. The third-order valence-corrected chi connectivity index (χ3v) is 4.16. The van der Waals surface area contributed by atoms with E-state index in [-0.39, 0.29) is 4.90 Å². The molecule has 1 aromatic heterocycles. The van der Waals surface area contributed by atoms with Gasteiger partial charge in [0.05, 0.1) is 11.4 Å². The molecule has 0 atom stereocenters.